The van der Waals surface area contributed by atoms with Gasteiger partial charge in [0.1, 0.15) is 5.75 Å². The van der Waals surface area contributed by atoms with Crippen LogP contribution in [0, 0.1) is 13.8 Å². The molecule has 1 amide bonds. The third-order valence-electron chi connectivity index (χ3n) is 4.27. The van der Waals surface area contributed by atoms with E-state index in [0.29, 0.717) is 5.75 Å². The van der Waals surface area contributed by atoms with E-state index >= 15 is 0 Å². The molecular formula is C22H22N2O2. The molecular weight excluding hydrogens is 324 g/mol. The second kappa shape index (κ2) is 8.30. The zero-order valence-electron chi connectivity index (χ0n) is 15.0. The SMILES string of the molecule is Cc1ccc(OCC(=O)N[C@@H](c2ccccc2)c2ccccn2)cc1C. The van der Waals surface area contributed by atoms with E-state index in [1.807, 2.05) is 80.6 Å². The number of amides is 1. The number of hydrogen-bond acceptors (Lipinski definition) is 3. The molecule has 1 atom stereocenters. The first-order valence-electron chi connectivity index (χ1n) is 8.59. The van der Waals surface area contributed by atoms with Gasteiger partial charge in [0.15, 0.2) is 6.61 Å². The van der Waals surface area contributed by atoms with Crippen LogP contribution in [0.3, 0.4) is 0 Å². The fraction of sp³-hybridized carbons (Fsp3) is 0.182. The summed E-state index contributed by atoms with van der Waals surface area (Å²) < 4.78 is 5.64. The summed E-state index contributed by atoms with van der Waals surface area (Å²) in [5.74, 6) is 0.500. The molecule has 0 aliphatic rings. The minimum absolute atomic E-state index is 0.0430. The molecule has 26 heavy (non-hydrogen) atoms. The molecule has 0 aliphatic carbocycles. The van der Waals surface area contributed by atoms with Gasteiger partial charge < -0.3 is 10.1 Å². The first-order valence-corrected chi connectivity index (χ1v) is 8.59. The van der Waals surface area contributed by atoms with E-state index in [4.69, 9.17) is 4.74 Å². The van der Waals surface area contributed by atoms with Crippen LogP contribution in [0.1, 0.15) is 28.4 Å². The number of carbonyl (C=O) groups excluding carboxylic acids is 1. The van der Waals surface area contributed by atoms with Crippen LogP contribution in [0.2, 0.25) is 0 Å². The lowest BCUT2D eigenvalue weighted by Gasteiger charge is -2.19. The van der Waals surface area contributed by atoms with Crippen LogP contribution in [-0.2, 0) is 4.79 Å². The maximum atomic E-state index is 12.5. The molecule has 3 rings (SSSR count). The van der Waals surface area contributed by atoms with Crippen molar-refractivity contribution in [3.63, 3.8) is 0 Å². The van der Waals surface area contributed by atoms with Gasteiger partial charge in [0.25, 0.3) is 5.91 Å². The summed E-state index contributed by atoms with van der Waals surface area (Å²) >= 11 is 0. The Labute approximate surface area is 153 Å². The number of pyridine rings is 1. The minimum atomic E-state index is -0.312. The van der Waals surface area contributed by atoms with Crippen molar-refractivity contribution in [2.75, 3.05) is 6.61 Å². The van der Waals surface area contributed by atoms with Crippen molar-refractivity contribution >= 4 is 5.91 Å². The predicted molar refractivity (Wildman–Crippen MR) is 102 cm³/mol. The molecule has 132 valence electrons. The summed E-state index contributed by atoms with van der Waals surface area (Å²) in [5.41, 5.74) is 4.10. The number of hydrogen-bond donors (Lipinski definition) is 1. The van der Waals surface area contributed by atoms with E-state index in [1.54, 1.807) is 6.20 Å². The molecule has 1 aromatic heterocycles. The monoisotopic (exact) mass is 346 g/mol. The second-order valence-electron chi connectivity index (χ2n) is 6.20. The molecule has 0 unspecified atom stereocenters. The van der Waals surface area contributed by atoms with Gasteiger partial charge in [-0.2, -0.15) is 0 Å². The van der Waals surface area contributed by atoms with Gasteiger partial charge in [-0.1, -0.05) is 42.5 Å². The average Bonchev–Trinajstić information content (AvgIpc) is 2.68. The van der Waals surface area contributed by atoms with Crippen molar-refractivity contribution in [3.05, 3.63) is 95.3 Å². The smallest absolute Gasteiger partial charge is 0.258 e. The van der Waals surface area contributed by atoms with Crippen LogP contribution >= 0.6 is 0 Å². The average molecular weight is 346 g/mol. The van der Waals surface area contributed by atoms with Gasteiger partial charge in [-0.25, -0.2) is 0 Å². The molecule has 0 fully saturated rings. The van der Waals surface area contributed by atoms with Crippen LogP contribution in [0.15, 0.2) is 72.9 Å². The zero-order chi connectivity index (χ0) is 18.4. The van der Waals surface area contributed by atoms with Crippen LogP contribution in [0.5, 0.6) is 5.75 Å². The lowest BCUT2D eigenvalue weighted by Crippen LogP contribution is -2.33. The highest BCUT2D eigenvalue weighted by atomic mass is 16.5. The first-order chi connectivity index (χ1) is 12.6. The number of nitrogens with zero attached hydrogens (tertiary/aromatic N) is 1. The Kier molecular flexibility index (Phi) is 5.64. The Hall–Kier alpha value is -3.14. The van der Waals surface area contributed by atoms with Crippen LogP contribution < -0.4 is 10.1 Å². The maximum absolute atomic E-state index is 12.5. The largest absolute Gasteiger partial charge is 0.484 e. The van der Waals surface area contributed by atoms with E-state index in [0.717, 1.165) is 16.8 Å². The van der Waals surface area contributed by atoms with Gasteiger partial charge >= 0.3 is 0 Å². The van der Waals surface area contributed by atoms with Crippen molar-refractivity contribution in [3.8, 4) is 5.75 Å². The lowest BCUT2D eigenvalue weighted by atomic mass is 10.0. The van der Waals surface area contributed by atoms with E-state index in [2.05, 4.69) is 10.3 Å². The fourth-order valence-corrected chi connectivity index (χ4v) is 2.68. The first kappa shape index (κ1) is 17.7. The fourth-order valence-electron chi connectivity index (χ4n) is 2.68. The molecule has 1 N–H and O–H groups in total. The summed E-state index contributed by atoms with van der Waals surface area (Å²) in [6.45, 7) is 4.02. The van der Waals surface area contributed by atoms with Gasteiger partial charge in [-0.3, -0.25) is 9.78 Å². The number of rotatable bonds is 6. The molecule has 0 saturated carbocycles. The van der Waals surface area contributed by atoms with E-state index in [1.165, 1.54) is 5.56 Å². The standard InChI is InChI=1S/C22H22N2O2/c1-16-11-12-19(14-17(16)2)26-15-21(25)24-22(18-8-4-3-5-9-18)20-10-6-7-13-23-20/h3-14,22H,15H2,1-2H3,(H,24,25)/t22-/m0/s1. The topological polar surface area (TPSA) is 51.2 Å². The molecule has 1 heterocycles. The number of aryl methyl sites for hydroxylation is 2. The van der Waals surface area contributed by atoms with Crippen molar-refractivity contribution in [1.29, 1.82) is 0 Å². The molecule has 3 aromatic rings. The summed E-state index contributed by atoms with van der Waals surface area (Å²) in [4.78, 5) is 16.9. The lowest BCUT2D eigenvalue weighted by molar-refractivity contribution is -0.123. The van der Waals surface area contributed by atoms with Crippen molar-refractivity contribution in [2.24, 2.45) is 0 Å². The third kappa shape index (κ3) is 4.48. The Bertz CT molecular complexity index is 824. The molecule has 4 nitrogen and oxygen atoms in total. The Morgan fingerprint density at radius 1 is 1.00 bits per heavy atom. The molecule has 0 saturated heterocycles. The van der Waals surface area contributed by atoms with Crippen molar-refractivity contribution in [1.82, 2.24) is 10.3 Å². The molecule has 0 spiro atoms. The maximum Gasteiger partial charge on any atom is 0.258 e. The number of carbonyl (C=O) groups is 1. The number of ether oxygens (including phenoxy) is 1. The highest BCUT2D eigenvalue weighted by molar-refractivity contribution is 5.78. The Balaban J connectivity index is 1.70. The number of nitrogens with one attached hydrogen (secondary N) is 1. The Morgan fingerprint density at radius 2 is 1.77 bits per heavy atom. The summed E-state index contributed by atoms with van der Waals surface area (Å²) in [5, 5.41) is 3.02. The van der Waals surface area contributed by atoms with Gasteiger partial charge in [0, 0.05) is 6.20 Å². The van der Waals surface area contributed by atoms with Crippen LogP contribution in [-0.4, -0.2) is 17.5 Å². The summed E-state index contributed by atoms with van der Waals surface area (Å²) in [6.07, 6.45) is 1.73. The van der Waals surface area contributed by atoms with E-state index in [9.17, 15) is 4.79 Å². The minimum Gasteiger partial charge on any atom is -0.484 e. The van der Waals surface area contributed by atoms with E-state index < -0.39 is 0 Å². The van der Waals surface area contributed by atoms with Gasteiger partial charge in [0.05, 0.1) is 11.7 Å². The normalized spacial score (nSPS) is 11.6. The highest BCUT2D eigenvalue weighted by Crippen LogP contribution is 2.20. The molecule has 2 aromatic carbocycles. The zero-order valence-corrected chi connectivity index (χ0v) is 15.0. The quantitative estimate of drug-likeness (QED) is 0.734. The van der Waals surface area contributed by atoms with Gasteiger partial charge in [0.2, 0.25) is 0 Å². The van der Waals surface area contributed by atoms with Crippen molar-refractivity contribution in [2.45, 2.75) is 19.9 Å². The summed E-state index contributed by atoms with van der Waals surface area (Å²) in [6, 6.07) is 21.0. The summed E-state index contributed by atoms with van der Waals surface area (Å²) in [7, 11) is 0. The molecule has 0 radical (unpaired) electrons. The van der Waals surface area contributed by atoms with Crippen LogP contribution in [0.25, 0.3) is 0 Å². The number of benzene rings is 2. The van der Waals surface area contributed by atoms with E-state index in [-0.39, 0.29) is 18.6 Å². The van der Waals surface area contributed by atoms with Crippen LogP contribution in [0.4, 0.5) is 0 Å². The number of aromatic nitrogens is 1. The second-order valence-corrected chi connectivity index (χ2v) is 6.20. The van der Waals surface area contributed by atoms with Gasteiger partial charge in [-0.05, 0) is 54.8 Å². The molecule has 0 aliphatic heterocycles. The molecule has 0 bridgehead atoms. The third-order valence-corrected chi connectivity index (χ3v) is 4.27. The highest BCUT2D eigenvalue weighted by Gasteiger charge is 2.18. The van der Waals surface area contributed by atoms with Gasteiger partial charge in [-0.15, -0.1) is 0 Å². The molecule has 4 heteroatoms. The predicted octanol–water partition coefficient (Wildman–Crippen LogP) is 3.98. The van der Waals surface area contributed by atoms with Crippen molar-refractivity contribution < 1.29 is 9.53 Å². The Morgan fingerprint density at radius 3 is 2.46 bits per heavy atom.